The van der Waals surface area contributed by atoms with E-state index in [1.165, 1.54) is 11.5 Å². The fraction of sp³-hybridized carbons (Fsp3) is 0.545. The number of nitrogens with two attached hydrogens (primary N) is 2. The Balaban J connectivity index is 2.10. The average molecular weight is 283 g/mol. The quantitative estimate of drug-likeness (QED) is 0.710. The molecule has 19 heavy (non-hydrogen) atoms. The number of nitrogen functional groups attached to an aromatic ring is 1. The maximum atomic E-state index is 11.6. The Morgan fingerprint density at radius 3 is 2.58 bits per heavy atom. The zero-order valence-electron chi connectivity index (χ0n) is 10.7. The number of carbonyl (C=O) groups excluding carboxylic acids is 2. The van der Waals surface area contributed by atoms with Gasteiger partial charge in [-0.1, -0.05) is 0 Å². The van der Waals surface area contributed by atoms with Crippen molar-refractivity contribution in [3.63, 3.8) is 0 Å². The number of primary amides is 1. The van der Waals surface area contributed by atoms with Crippen LogP contribution in [0.4, 0.5) is 10.8 Å². The number of hydrogen-bond donors (Lipinski definition) is 3. The monoisotopic (exact) mass is 283 g/mol. The van der Waals surface area contributed by atoms with E-state index in [1.54, 1.807) is 7.05 Å². The fourth-order valence-corrected chi connectivity index (χ4v) is 3.16. The third-order valence-electron chi connectivity index (χ3n) is 3.35. The Labute approximate surface area is 115 Å². The summed E-state index contributed by atoms with van der Waals surface area (Å²) in [7, 11) is 1.64. The van der Waals surface area contributed by atoms with Crippen LogP contribution in [0.15, 0.2) is 0 Å². The lowest BCUT2D eigenvalue weighted by atomic mass is 9.96. The lowest BCUT2D eigenvalue weighted by Gasteiger charge is -2.31. The molecular weight excluding hydrogens is 266 g/mol. The van der Waals surface area contributed by atoms with Crippen molar-refractivity contribution in [3.05, 3.63) is 5.56 Å². The Morgan fingerprint density at radius 2 is 2.05 bits per heavy atom. The molecule has 0 aromatic carbocycles. The SMILES string of the molecule is CNC(=O)C1CCN(c2snc(N)c2C(N)=O)CC1. The highest BCUT2D eigenvalue weighted by molar-refractivity contribution is 7.11. The summed E-state index contributed by atoms with van der Waals surface area (Å²) in [5, 5.41) is 3.37. The van der Waals surface area contributed by atoms with Gasteiger partial charge in [0, 0.05) is 26.1 Å². The number of anilines is 2. The zero-order valence-corrected chi connectivity index (χ0v) is 11.5. The van der Waals surface area contributed by atoms with Crippen molar-refractivity contribution in [3.8, 4) is 0 Å². The number of aromatic nitrogens is 1. The fourth-order valence-electron chi connectivity index (χ4n) is 2.29. The van der Waals surface area contributed by atoms with E-state index in [0.717, 1.165) is 12.8 Å². The average Bonchev–Trinajstić information content (AvgIpc) is 2.80. The van der Waals surface area contributed by atoms with Crippen molar-refractivity contribution in [2.24, 2.45) is 11.7 Å². The molecule has 1 aromatic rings. The molecule has 1 aromatic heterocycles. The number of nitrogens with one attached hydrogen (secondary N) is 1. The molecule has 7 nitrogen and oxygen atoms in total. The summed E-state index contributed by atoms with van der Waals surface area (Å²) in [6.45, 7) is 1.39. The standard InChI is InChI=1S/C11H17N5O2S/c1-14-10(18)6-2-4-16(5-3-6)11-7(9(13)17)8(12)15-19-11/h6H,2-5H2,1H3,(H2,12,15)(H2,13,17)(H,14,18). The Hall–Kier alpha value is -1.83. The summed E-state index contributed by atoms with van der Waals surface area (Å²) in [5.74, 6) is -0.280. The molecule has 0 saturated carbocycles. The third kappa shape index (κ3) is 2.62. The first kappa shape index (κ1) is 13.6. The van der Waals surface area contributed by atoms with Crippen LogP contribution in [-0.2, 0) is 4.79 Å². The Morgan fingerprint density at radius 1 is 1.42 bits per heavy atom. The molecule has 5 N–H and O–H groups in total. The summed E-state index contributed by atoms with van der Waals surface area (Å²) in [6.07, 6.45) is 1.49. The molecule has 0 aliphatic carbocycles. The number of hydrogen-bond acceptors (Lipinski definition) is 6. The van der Waals surface area contributed by atoms with Gasteiger partial charge in [0.2, 0.25) is 5.91 Å². The molecule has 104 valence electrons. The van der Waals surface area contributed by atoms with E-state index in [4.69, 9.17) is 11.5 Å². The molecular formula is C11H17N5O2S. The van der Waals surface area contributed by atoms with Crippen molar-refractivity contribution in [2.75, 3.05) is 30.8 Å². The highest BCUT2D eigenvalue weighted by Gasteiger charge is 2.28. The third-order valence-corrected chi connectivity index (χ3v) is 4.27. The van der Waals surface area contributed by atoms with Crippen LogP contribution in [0.5, 0.6) is 0 Å². The van der Waals surface area contributed by atoms with E-state index in [9.17, 15) is 9.59 Å². The molecule has 0 spiro atoms. The minimum atomic E-state index is -0.560. The smallest absolute Gasteiger partial charge is 0.255 e. The maximum absolute atomic E-state index is 11.6. The van der Waals surface area contributed by atoms with E-state index >= 15 is 0 Å². The predicted octanol–water partition coefficient (Wildman–Crippen LogP) is -0.213. The first-order valence-corrected chi connectivity index (χ1v) is 6.83. The Bertz CT molecular complexity index is 493. The maximum Gasteiger partial charge on any atom is 0.255 e. The summed E-state index contributed by atoms with van der Waals surface area (Å²) < 4.78 is 3.98. The first-order valence-electron chi connectivity index (χ1n) is 6.06. The van der Waals surface area contributed by atoms with Gasteiger partial charge in [-0.05, 0) is 24.4 Å². The van der Waals surface area contributed by atoms with Gasteiger partial charge in [-0.25, -0.2) is 0 Å². The van der Waals surface area contributed by atoms with Crippen LogP contribution in [-0.4, -0.2) is 36.3 Å². The summed E-state index contributed by atoms with van der Waals surface area (Å²) in [5.41, 5.74) is 11.3. The number of nitrogens with zero attached hydrogens (tertiary/aromatic N) is 2. The molecule has 2 heterocycles. The van der Waals surface area contributed by atoms with Crippen LogP contribution < -0.4 is 21.7 Å². The van der Waals surface area contributed by atoms with Crippen molar-refractivity contribution in [1.82, 2.24) is 9.69 Å². The minimum absolute atomic E-state index is 0.0311. The van der Waals surface area contributed by atoms with Crippen LogP contribution in [0.3, 0.4) is 0 Å². The van der Waals surface area contributed by atoms with Gasteiger partial charge in [-0.3, -0.25) is 9.59 Å². The largest absolute Gasteiger partial charge is 0.382 e. The highest BCUT2D eigenvalue weighted by Crippen LogP contribution is 2.33. The van der Waals surface area contributed by atoms with Crippen molar-refractivity contribution in [2.45, 2.75) is 12.8 Å². The van der Waals surface area contributed by atoms with Crippen LogP contribution in [0.1, 0.15) is 23.2 Å². The van der Waals surface area contributed by atoms with Crippen molar-refractivity contribution < 1.29 is 9.59 Å². The van der Waals surface area contributed by atoms with Crippen molar-refractivity contribution in [1.29, 1.82) is 0 Å². The summed E-state index contributed by atoms with van der Waals surface area (Å²) in [6, 6.07) is 0. The van der Waals surface area contributed by atoms with E-state index in [-0.39, 0.29) is 17.6 Å². The molecule has 1 aliphatic rings. The molecule has 1 aliphatic heterocycles. The Kier molecular flexibility index (Phi) is 3.89. The number of piperidine rings is 1. The molecule has 0 bridgehead atoms. The van der Waals surface area contributed by atoms with Crippen LogP contribution in [0.25, 0.3) is 0 Å². The summed E-state index contributed by atoms with van der Waals surface area (Å²) >= 11 is 1.18. The molecule has 0 atom stereocenters. The summed E-state index contributed by atoms with van der Waals surface area (Å²) in [4.78, 5) is 25.0. The number of carbonyl (C=O) groups is 2. The van der Waals surface area contributed by atoms with Gasteiger partial charge in [-0.2, -0.15) is 4.37 Å². The second-order valence-corrected chi connectivity index (χ2v) is 5.24. The van der Waals surface area contributed by atoms with Gasteiger partial charge >= 0.3 is 0 Å². The molecule has 1 fully saturated rings. The predicted molar refractivity (Wildman–Crippen MR) is 74.0 cm³/mol. The molecule has 1 saturated heterocycles. The van der Waals surface area contributed by atoms with Gasteiger partial charge in [0.25, 0.3) is 5.91 Å². The molecule has 0 radical (unpaired) electrons. The van der Waals surface area contributed by atoms with Gasteiger partial charge in [0.1, 0.15) is 10.6 Å². The normalized spacial score (nSPS) is 16.4. The van der Waals surface area contributed by atoms with Crippen molar-refractivity contribution >= 4 is 34.2 Å². The van der Waals surface area contributed by atoms with E-state index in [2.05, 4.69) is 9.69 Å². The number of amides is 2. The van der Waals surface area contributed by atoms with Gasteiger partial charge in [0.05, 0.1) is 0 Å². The van der Waals surface area contributed by atoms with Gasteiger partial charge in [-0.15, -0.1) is 0 Å². The van der Waals surface area contributed by atoms with Crippen LogP contribution in [0.2, 0.25) is 0 Å². The van der Waals surface area contributed by atoms with Crippen LogP contribution >= 0.6 is 11.5 Å². The minimum Gasteiger partial charge on any atom is -0.382 e. The molecule has 2 rings (SSSR count). The lowest BCUT2D eigenvalue weighted by molar-refractivity contribution is -0.125. The zero-order chi connectivity index (χ0) is 14.0. The van der Waals surface area contributed by atoms with Gasteiger partial charge in [0.15, 0.2) is 5.82 Å². The molecule has 8 heteroatoms. The highest BCUT2D eigenvalue weighted by atomic mass is 32.1. The van der Waals surface area contributed by atoms with Gasteiger partial charge < -0.3 is 21.7 Å². The van der Waals surface area contributed by atoms with Crippen LogP contribution in [0, 0.1) is 5.92 Å². The molecule has 0 unspecified atom stereocenters. The second-order valence-electron chi connectivity index (χ2n) is 4.49. The lowest BCUT2D eigenvalue weighted by Crippen LogP contribution is -2.39. The molecule has 2 amide bonds. The number of rotatable bonds is 3. The first-order chi connectivity index (χ1) is 9.04. The topological polar surface area (TPSA) is 114 Å². The van der Waals surface area contributed by atoms with E-state index in [0.29, 0.717) is 23.7 Å². The second kappa shape index (κ2) is 5.43. The van der Waals surface area contributed by atoms with E-state index in [1.807, 2.05) is 4.90 Å². The van der Waals surface area contributed by atoms with E-state index < -0.39 is 5.91 Å².